The Labute approximate surface area is 176 Å². The van der Waals surface area contributed by atoms with E-state index in [1.54, 1.807) is 0 Å². The number of carbonyl (C=O) groups is 1. The summed E-state index contributed by atoms with van der Waals surface area (Å²) in [7, 11) is 0. The van der Waals surface area contributed by atoms with Crippen molar-refractivity contribution in [2.45, 2.75) is 39.3 Å². The second kappa shape index (κ2) is 8.97. The first-order chi connectivity index (χ1) is 13.5. The monoisotopic (exact) mass is 417 g/mol. The van der Waals surface area contributed by atoms with Crippen molar-refractivity contribution >= 4 is 35.1 Å². The van der Waals surface area contributed by atoms with E-state index in [0.29, 0.717) is 29.6 Å². The molecule has 0 aliphatic carbocycles. The number of nitrogens with zero attached hydrogens (tertiary/aromatic N) is 3. The molecule has 0 aromatic heterocycles. The molecule has 0 N–H and O–H groups in total. The van der Waals surface area contributed by atoms with E-state index in [2.05, 4.69) is 0 Å². The average Bonchev–Trinajstić information content (AvgIpc) is 3.09. The molecule has 2 aromatic rings. The van der Waals surface area contributed by atoms with Gasteiger partial charge in [0.05, 0.1) is 6.04 Å². The maximum Gasteiger partial charge on any atom is 0.326 e. The van der Waals surface area contributed by atoms with Gasteiger partial charge >= 0.3 is 6.03 Å². The number of hydrogen-bond acceptors (Lipinski definition) is 2. The number of benzene rings is 2. The Morgan fingerprint density at radius 2 is 1.43 bits per heavy atom. The van der Waals surface area contributed by atoms with Crippen molar-refractivity contribution in [3.05, 3.63) is 69.7 Å². The molecule has 2 amide bonds. The van der Waals surface area contributed by atoms with Gasteiger partial charge in [0.1, 0.15) is 11.9 Å². The first kappa shape index (κ1) is 20.7. The second-order valence-electron chi connectivity index (χ2n) is 6.72. The average molecular weight is 418 g/mol. The van der Waals surface area contributed by atoms with Crippen LogP contribution in [-0.2, 0) is 0 Å². The third-order valence-electron chi connectivity index (χ3n) is 5.12. The number of amides is 2. The number of hydrogen-bond donors (Lipinski definition) is 0. The first-order valence-corrected chi connectivity index (χ1v) is 10.4. The third kappa shape index (κ3) is 4.03. The van der Waals surface area contributed by atoms with Gasteiger partial charge in [-0.15, -0.1) is 0 Å². The Morgan fingerprint density at radius 3 is 1.89 bits per heavy atom. The number of urea groups is 1. The molecule has 2 unspecified atom stereocenters. The fraction of sp³-hybridized carbons (Fsp3) is 0.364. The van der Waals surface area contributed by atoms with E-state index in [-0.39, 0.29) is 18.1 Å². The highest BCUT2D eigenvalue weighted by atomic mass is 35.5. The SMILES string of the molecule is CCC1=NC(c2ccc(Cl)cc2)C(c2ccc(Cl)cc2)N1C(=O)N(CC)CC. The second-order valence-corrected chi connectivity index (χ2v) is 7.59. The molecule has 0 radical (unpaired) electrons. The number of carbonyl (C=O) groups excluding carboxylic acids is 1. The smallest absolute Gasteiger partial charge is 0.325 e. The van der Waals surface area contributed by atoms with Gasteiger partial charge < -0.3 is 4.90 Å². The molecule has 1 aliphatic heterocycles. The van der Waals surface area contributed by atoms with Crippen LogP contribution in [0.4, 0.5) is 4.79 Å². The van der Waals surface area contributed by atoms with Crippen molar-refractivity contribution < 1.29 is 4.79 Å². The standard InChI is InChI=1S/C22H25Cl2N3O/c1-4-19-25-20(15-7-11-17(23)12-8-15)21(16-9-13-18(24)14-10-16)27(19)22(28)26(5-2)6-3/h7-14,20-21H,4-6H2,1-3H3. The molecular formula is C22H25Cl2N3O. The van der Waals surface area contributed by atoms with Crippen molar-refractivity contribution in [2.75, 3.05) is 13.1 Å². The van der Waals surface area contributed by atoms with E-state index in [1.807, 2.05) is 79.1 Å². The lowest BCUT2D eigenvalue weighted by atomic mass is 9.94. The Kier molecular flexibility index (Phi) is 6.63. The summed E-state index contributed by atoms with van der Waals surface area (Å²) in [4.78, 5) is 22.0. The van der Waals surface area contributed by atoms with Crippen LogP contribution in [0.15, 0.2) is 53.5 Å². The van der Waals surface area contributed by atoms with Gasteiger partial charge in [-0.3, -0.25) is 9.89 Å². The summed E-state index contributed by atoms with van der Waals surface area (Å²) in [6, 6.07) is 15.0. The van der Waals surface area contributed by atoms with E-state index in [0.717, 1.165) is 17.0 Å². The summed E-state index contributed by atoms with van der Waals surface area (Å²) in [6.45, 7) is 7.33. The van der Waals surface area contributed by atoms with E-state index in [9.17, 15) is 4.79 Å². The van der Waals surface area contributed by atoms with Crippen molar-refractivity contribution in [3.8, 4) is 0 Å². The zero-order valence-corrected chi connectivity index (χ0v) is 17.9. The normalized spacial score (nSPS) is 18.9. The Bertz CT molecular complexity index is 845. The topological polar surface area (TPSA) is 35.9 Å². The van der Waals surface area contributed by atoms with E-state index in [4.69, 9.17) is 28.2 Å². The highest BCUT2D eigenvalue weighted by molar-refractivity contribution is 6.30. The summed E-state index contributed by atoms with van der Waals surface area (Å²) < 4.78 is 0. The Morgan fingerprint density at radius 1 is 0.929 bits per heavy atom. The van der Waals surface area contributed by atoms with Gasteiger partial charge in [0.25, 0.3) is 0 Å². The van der Waals surface area contributed by atoms with Gasteiger partial charge in [0.2, 0.25) is 0 Å². The van der Waals surface area contributed by atoms with Crippen molar-refractivity contribution in [2.24, 2.45) is 4.99 Å². The molecule has 2 atom stereocenters. The quantitative estimate of drug-likeness (QED) is 0.556. The minimum Gasteiger partial charge on any atom is -0.325 e. The molecule has 148 valence electrons. The van der Waals surface area contributed by atoms with Gasteiger partial charge in [0, 0.05) is 29.6 Å². The largest absolute Gasteiger partial charge is 0.326 e. The molecule has 0 spiro atoms. The lowest BCUT2D eigenvalue weighted by molar-refractivity contribution is 0.167. The minimum absolute atomic E-state index is 0.0120. The van der Waals surface area contributed by atoms with Crippen LogP contribution in [0.5, 0.6) is 0 Å². The molecule has 0 fully saturated rings. The van der Waals surface area contributed by atoms with Gasteiger partial charge in [-0.2, -0.15) is 0 Å². The summed E-state index contributed by atoms with van der Waals surface area (Å²) in [5.74, 6) is 0.803. The highest BCUT2D eigenvalue weighted by Gasteiger charge is 2.42. The molecule has 0 bridgehead atoms. The van der Waals surface area contributed by atoms with Crippen LogP contribution in [0.1, 0.15) is 50.4 Å². The molecule has 0 saturated heterocycles. The lowest BCUT2D eigenvalue weighted by Gasteiger charge is -2.33. The van der Waals surface area contributed by atoms with Crippen LogP contribution in [0.2, 0.25) is 10.0 Å². The van der Waals surface area contributed by atoms with Gasteiger partial charge in [-0.1, -0.05) is 54.4 Å². The van der Waals surface area contributed by atoms with Crippen LogP contribution in [0.3, 0.4) is 0 Å². The molecule has 4 nitrogen and oxygen atoms in total. The van der Waals surface area contributed by atoms with Crippen LogP contribution in [0, 0.1) is 0 Å². The number of halogens is 2. The summed E-state index contributed by atoms with van der Waals surface area (Å²) in [6.07, 6.45) is 0.682. The summed E-state index contributed by atoms with van der Waals surface area (Å²) in [5, 5.41) is 1.35. The molecule has 3 rings (SSSR count). The van der Waals surface area contributed by atoms with Gasteiger partial charge in [0.15, 0.2) is 0 Å². The van der Waals surface area contributed by atoms with Crippen molar-refractivity contribution in [1.29, 1.82) is 0 Å². The predicted octanol–water partition coefficient (Wildman–Crippen LogP) is 6.36. The van der Waals surface area contributed by atoms with Crippen molar-refractivity contribution in [1.82, 2.24) is 9.80 Å². The van der Waals surface area contributed by atoms with Crippen LogP contribution >= 0.6 is 23.2 Å². The van der Waals surface area contributed by atoms with Gasteiger partial charge in [-0.05, 0) is 49.2 Å². The molecule has 0 saturated carbocycles. The van der Waals surface area contributed by atoms with E-state index in [1.165, 1.54) is 0 Å². The van der Waals surface area contributed by atoms with E-state index < -0.39 is 0 Å². The molecule has 28 heavy (non-hydrogen) atoms. The predicted molar refractivity (Wildman–Crippen MR) is 116 cm³/mol. The lowest BCUT2D eigenvalue weighted by Crippen LogP contribution is -2.46. The molecule has 1 heterocycles. The fourth-order valence-electron chi connectivity index (χ4n) is 3.64. The zero-order valence-electron chi connectivity index (χ0n) is 16.4. The first-order valence-electron chi connectivity index (χ1n) is 9.65. The van der Waals surface area contributed by atoms with Crippen LogP contribution in [-0.4, -0.2) is 34.8 Å². The minimum atomic E-state index is -0.221. The summed E-state index contributed by atoms with van der Waals surface area (Å²) in [5.41, 5.74) is 2.04. The zero-order chi connectivity index (χ0) is 20.3. The highest BCUT2D eigenvalue weighted by Crippen LogP contribution is 2.43. The van der Waals surface area contributed by atoms with Crippen LogP contribution in [0.25, 0.3) is 0 Å². The maximum absolute atomic E-state index is 13.4. The maximum atomic E-state index is 13.4. The Balaban J connectivity index is 2.10. The molecule has 2 aromatic carbocycles. The number of amidine groups is 1. The van der Waals surface area contributed by atoms with Crippen LogP contribution < -0.4 is 0 Å². The summed E-state index contributed by atoms with van der Waals surface area (Å²) >= 11 is 12.2. The van der Waals surface area contributed by atoms with Crippen molar-refractivity contribution in [3.63, 3.8) is 0 Å². The molecular weight excluding hydrogens is 393 g/mol. The number of aliphatic imine (C=N–C) groups is 1. The molecule has 6 heteroatoms. The molecule has 1 aliphatic rings. The van der Waals surface area contributed by atoms with E-state index >= 15 is 0 Å². The number of rotatable bonds is 5. The van der Waals surface area contributed by atoms with Gasteiger partial charge in [-0.25, -0.2) is 4.79 Å². The third-order valence-corrected chi connectivity index (χ3v) is 5.63. The Hall–Kier alpha value is -2.04. The fourth-order valence-corrected chi connectivity index (χ4v) is 3.89.